The molecular formula is C23H30FIN4O. The highest BCUT2D eigenvalue weighted by atomic mass is 127. The summed E-state index contributed by atoms with van der Waals surface area (Å²) in [6.07, 6.45) is 1.63. The van der Waals surface area contributed by atoms with Gasteiger partial charge in [-0.2, -0.15) is 0 Å². The van der Waals surface area contributed by atoms with E-state index in [2.05, 4.69) is 39.9 Å². The number of aliphatic imine (C=N–C) groups is 1. The second-order valence-electron chi connectivity index (χ2n) is 7.54. The smallest absolute Gasteiger partial charge is 0.222 e. The van der Waals surface area contributed by atoms with Crippen LogP contribution in [0.3, 0.4) is 0 Å². The van der Waals surface area contributed by atoms with Gasteiger partial charge in [0.25, 0.3) is 0 Å². The van der Waals surface area contributed by atoms with Gasteiger partial charge in [0.1, 0.15) is 5.82 Å². The molecule has 0 spiro atoms. The predicted molar refractivity (Wildman–Crippen MR) is 129 cm³/mol. The van der Waals surface area contributed by atoms with E-state index in [0.717, 1.165) is 29.7 Å². The Morgan fingerprint density at radius 2 is 1.90 bits per heavy atom. The minimum Gasteiger partial charge on any atom is -0.352 e. The number of hydrogen-bond acceptors (Lipinski definition) is 2. The van der Waals surface area contributed by atoms with Gasteiger partial charge < -0.3 is 15.5 Å². The number of nitrogens with zero attached hydrogens (tertiary/aromatic N) is 2. The first kappa shape index (κ1) is 24.1. The normalized spacial score (nSPS) is 15.0. The van der Waals surface area contributed by atoms with Crippen LogP contribution in [0.1, 0.15) is 48.1 Å². The molecule has 0 aliphatic carbocycles. The van der Waals surface area contributed by atoms with Crippen molar-refractivity contribution in [1.82, 2.24) is 15.5 Å². The molecule has 0 radical (unpaired) electrons. The maximum atomic E-state index is 13.8. The third kappa shape index (κ3) is 6.42. The lowest BCUT2D eigenvalue weighted by atomic mass is 10.1. The molecule has 5 nitrogen and oxygen atoms in total. The Hall–Kier alpha value is -2.16. The molecule has 1 unspecified atom stereocenters. The molecule has 7 heteroatoms. The number of carbonyl (C=O) groups is 1. The number of aryl methyl sites for hydroxylation is 1. The van der Waals surface area contributed by atoms with Gasteiger partial charge in [0.2, 0.25) is 5.91 Å². The maximum absolute atomic E-state index is 13.8. The molecule has 1 amide bonds. The maximum Gasteiger partial charge on any atom is 0.222 e. The Kier molecular flexibility index (Phi) is 9.08. The predicted octanol–water partition coefficient (Wildman–Crippen LogP) is 4.30. The summed E-state index contributed by atoms with van der Waals surface area (Å²) >= 11 is 0. The fourth-order valence-electron chi connectivity index (χ4n) is 3.40. The SMILES string of the molecule is CN=C(NCc1ccc(CN2CCCC2=O)cc1)NC(C)c1ccc(C)c(F)c1.I. The van der Waals surface area contributed by atoms with E-state index in [0.29, 0.717) is 31.0 Å². The Morgan fingerprint density at radius 1 is 1.20 bits per heavy atom. The zero-order chi connectivity index (χ0) is 20.8. The Morgan fingerprint density at radius 3 is 2.50 bits per heavy atom. The van der Waals surface area contributed by atoms with Crippen molar-refractivity contribution >= 4 is 35.8 Å². The van der Waals surface area contributed by atoms with Gasteiger partial charge in [0, 0.05) is 33.1 Å². The van der Waals surface area contributed by atoms with Crippen LogP contribution in [0.15, 0.2) is 47.5 Å². The van der Waals surface area contributed by atoms with Crippen LogP contribution in [0, 0.1) is 12.7 Å². The number of rotatable bonds is 6. The van der Waals surface area contributed by atoms with Gasteiger partial charge in [0.05, 0.1) is 6.04 Å². The monoisotopic (exact) mass is 524 g/mol. The summed E-state index contributed by atoms with van der Waals surface area (Å²) in [7, 11) is 1.72. The summed E-state index contributed by atoms with van der Waals surface area (Å²) in [5.41, 5.74) is 3.78. The molecule has 0 saturated carbocycles. The van der Waals surface area contributed by atoms with Crippen molar-refractivity contribution in [2.75, 3.05) is 13.6 Å². The van der Waals surface area contributed by atoms with Crippen LogP contribution >= 0.6 is 24.0 Å². The summed E-state index contributed by atoms with van der Waals surface area (Å²) in [6, 6.07) is 13.5. The number of nitrogens with one attached hydrogen (secondary N) is 2. The molecule has 1 saturated heterocycles. The summed E-state index contributed by atoms with van der Waals surface area (Å²) in [4.78, 5) is 17.9. The molecule has 1 fully saturated rings. The van der Waals surface area contributed by atoms with E-state index in [1.54, 1.807) is 26.1 Å². The van der Waals surface area contributed by atoms with Crippen LogP contribution in [0.5, 0.6) is 0 Å². The standard InChI is InChI=1S/C23H29FN4O.HI/c1-16-6-11-20(13-21(16)24)17(2)27-23(25-3)26-14-18-7-9-19(10-8-18)15-28-12-4-5-22(28)29;/h6-11,13,17H,4-5,12,14-15H2,1-3H3,(H2,25,26,27);1H. The molecule has 1 heterocycles. The third-order valence-electron chi connectivity index (χ3n) is 5.30. The number of halogens is 2. The fourth-order valence-corrected chi connectivity index (χ4v) is 3.40. The van der Waals surface area contributed by atoms with Crippen molar-refractivity contribution < 1.29 is 9.18 Å². The molecule has 2 aromatic carbocycles. The van der Waals surface area contributed by atoms with E-state index in [1.807, 2.05) is 17.9 Å². The summed E-state index contributed by atoms with van der Waals surface area (Å²) in [6.45, 7) is 5.89. The van der Waals surface area contributed by atoms with Crippen LogP contribution in [0.25, 0.3) is 0 Å². The number of benzene rings is 2. The van der Waals surface area contributed by atoms with Crippen LogP contribution in [-0.4, -0.2) is 30.4 Å². The minimum absolute atomic E-state index is 0. The lowest BCUT2D eigenvalue weighted by molar-refractivity contribution is -0.128. The minimum atomic E-state index is -0.199. The van der Waals surface area contributed by atoms with Gasteiger partial charge in [-0.25, -0.2) is 4.39 Å². The van der Waals surface area contributed by atoms with Crippen molar-refractivity contribution in [3.05, 3.63) is 70.5 Å². The molecule has 0 bridgehead atoms. The van der Waals surface area contributed by atoms with Crippen molar-refractivity contribution in [2.45, 2.75) is 45.8 Å². The first-order chi connectivity index (χ1) is 14.0. The Bertz CT molecular complexity index is 885. The highest BCUT2D eigenvalue weighted by Crippen LogP contribution is 2.17. The lowest BCUT2D eigenvalue weighted by Gasteiger charge is -2.19. The second-order valence-corrected chi connectivity index (χ2v) is 7.54. The van der Waals surface area contributed by atoms with E-state index in [1.165, 1.54) is 0 Å². The highest BCUT2D eigenvalue weighted by Gasteiger charge is 2.19. The first-order valence-electron chi connectivity index (χ1n) is 10.0. The fraction of sp³-hybridized carbons (Fsp3) is 0.391. The number of guanidine groups is 1. The lowest BCUT2D eigenvalue weighted by Crippen LogP contribution is -2.38. The molecule has 1 atom stereocenters. The van der Waals surface area contributed by atoms with Gasteiger partial charge in [-0.15, -0.1) is 24.0 Å². The van der Waals surface area contributed by atoms with E-state index in [-0.39, 0.29) is 41.7 Å². The summed E-state index contributed by atoms with van der Waals surface area (Å²) in [5, 5.41) is 6.59. The number of carbonyl (C=O) groups excluding carboxylic acids is 1. The largest absolute Gasteiger partial charge is 0.352 e. The van der Waals surface area contributed by atoms with E-state index >= 15 is 0 Å². The second kappa shape index (κ2) is 11.3. The van der Waals surface area contributed by atoms with Gasteiger partial charge in [-0.05, 0) is 48.6 Å². The van der Waals surface area contributed by atoms with Crippen molar-refractivity contribution in [3.63, 3.8) is 0 Å². The molecular weight excluding hydrogens is 494 g/mol. The zero-order valence-electron chi connectivity index (χ0n) is 17.7. The topological polar surface area (TPSA) is 56.7 Å². The molecule has 3 rings (SSSR count). The van der Waals surface area contributed by atoms with E-state index in [4.69, 9.17) is 0 Å². The highest BCUT2D eigenvalue weighted by molar-refractivity contribution is 14.0. The van der Waals surface area contributed by atoms with Crippen LogP contribution in [0.4, 0.5) is 4.39 Å². The molecule has 2 N–H and O–H groups in total. The molecule has 2 aromatic rings. The average molecular weight is 524 g/mol. The molecule has 1 aliphatic rings. The first-order valence-corrected chi connectivity index (χ1v) is 10.0. The third-order valence-corrected chi connectivity index (χ3v) is 5.30. The zero-order valence-corrected chi connectivity index (χ0v) is 20.1. The van der Waals surface area contributed by atoms with Gasteiger partial charge in [-0.1, -0.05) is 36.4 Å². The number of amides is 1. The van der Waals surface area contributed by atoms with Crippen LogP contribution < -0.4 is 10.6 Å². The van der Waals surface area contributed by atoms with Crippen molar-refractivity contribution in [2.24, 2.45) is 4.99 Å². The van der Waals surface area contributed by atoms with E-state index in [9.17, 15) is 9.18 Å². The number of hydrogen-bond donors (Lipinski definition) is 2. The average Bonchev–Trinajstić information content (AvgIpc) is 3.12. The molecule has 1 aliphatic heterocycles. The van der Waals surface area contributed by atoms with Crippen molar-refractivity contribution in [3.8, 4) is 0 Å². The van der Waals surface area contributed by atoms with Crippen molar-refractivity contribution in [1.29, 1.82) is 0 Å². The van der Waals surface area contributed by atoms with Gasteiger partial charge in [-0.3, -0.25) is 9.79 Å². The summed E-state index contributed by atoms with van der Waals surface area (Å²) in [5.74, 6) is 0.702. The van der Waals surface area contributed by atoms with Gasteiger partial charge >= 0.3 is 0 Å². The molecule has 0 aromatic heterocycles. The Balaban J connectivity index is 0.00000320. The van der Waals surface area contributed by atoms with Crippen LogP contribution in [0.2, 0.25) is 0 Å². The van der Waals surface area contributed by atoms with E-state index < -0.39 is 0 Å². The quantitative estimate of drug-likeness (QED) is 0.337. The van der Waals surface area contributed by atoms with Gasteiger partial charge in [0.15, 0.2) is 5.96 Å². The number of likely N-dealkylation sites (tertiary alicyclic amines) is 1. The summed E-state index contributed by atoms with van der Waals surface area (Å²) < 4.78 is 13.8. The molecule has 162 valence electrons. The Labute approximate surface area is 195 Å². The van der Waals surface area contributed by atoms with Crippen LogP contribution in [-0.2, 0) is 17.9 Å². The molecule has 30 heavy (non-hydrogen) atoms.